The lowest BCUT2D eigenvalue weighted by molar-refractivity contribution is -0.122. The van der Waals surface area contributed by atoms with Crippen LogP contribution in [0.5, 0.6) is 0 Å². The van der Waals surface area contributed by atoms with Crippen molar-refractivity contribution >= 4 is 27.4 Å². The maximum Gasteiger partial charge on any atom is 0.243 e. The molecule has 1 aliphatic heterocycles. The molecule has 0 aliphatic carbocycles. The third-order valence-electron chi connectivity index (χ3n) is 3.30. The summed E-state index contributed by atoms with van der Waals surface area (Å²) in [5.41, 5.74) is 0. The standard InChI is InChI=1S/C13H16ClNO3S/c1-9-7-12(16)8-10(2)15(9)19(17,18)13-5-3-11(14)4-6-13/h3-6,9-10H,7-8H2,1-2H3/t9-,10-/m1/s1. The van der Waals surface area contributed by atoms with Crippen LogP contribution in [0.25, 0.3) is 0 Å². The number of ketones is 1. The van der Waals surface area contributed by atoms with Gasteiger partial charge in [0.25, 0.3) is 0 Å². The van der Waals surface area contributed by atoms with E-state index >= 15 is 0 Å². The van der Waals surface area contributed by atoms with Gasteiger partial charge in [-0.3, -0.25) is 4.79 Å². The van der Waals surface area contributed by atoms with Gasteiger partial charge >= 0.3 is 0 Å². The van der Waals surface area contributed by atoms with Crippen molar-refractivity contribution in [3.05, 3.63) is 29.3 Å². The van der Waals surface area contributed by atoms with E-state index in [-0.39, 0.29) is 35.6 Å². The van der Waals surface area contributed by atoms with Crippen molar-refractivity contribution in [2.24, 2.45) is 0 Å². The van der Waals surface area contributed by atoms with Crippen LogP contribution in [-0.2, 0) is 14.8 Å². The van der Waals surface area contributed by atoms with E-state index in [9.17, 15) is 13.2 Å². The molecule has 4 nitrogen and oxygen atoms in total. The highest BCUT2D eigenvalue weighted by molar-refractivity contribution is 7.89. The Labute approximate surface area is 118 Å². The number of halogens is 1. The molecule has 1 saturated heterocycles. The lowest BCUT2D eigenvalue weighted by atomic mass is 9.99. The van der Waals surface area contributed by atoms with Crippen molar-refractivity contribution in [2.45, 2.75) is 43.7 Å². The van der Waals surface area contributed by atoms with Crippen LogP contribution in [0.3, 0.4) is 0 Å². The lowest BCUT2D eigenvalue weighted by Gasteiger charge is -2.36. The molecule has 0 radical (unpaired) electrons. The lowest BCUT2D eigenvalue weighted by Crippen LogP contribution is -2.49. The number of Topliss-reactive ketones (excluding diaryl/α,β-unsaturated/α-hetero) is 1. The Kier molecular flexibility index (Phi) is 3.99. The van der Waals surface area contributed by atoms with Crippen LogP contribution in [0, 0.1) is 0 Å². The number of piperidine rings is 1. The van der Waals surface area contributed by atoms with Crippen molar-refractivity contribution in [3.8, 4) is 0 Å². The molecule has 1 heterocycles. The summed E-state index contributed by atoms with van der Waals surface area (Å²) >= 11 is 5.77. The average molecular weight is 302 g/mol. The monoisotopic (exact) mass is 301 g/mol. The molecule has 19 heavy (non-hydrogen) atoms. The Bertz CT molecular complexity index is 568. The van der Waals surface area contributed by atoms with Gasteiger partial charge in [-0.15, -0.1) is 0 Å². The van der Waals surface area contributed by atoms with Crippen molar-refractivity contribution < 1.29 is 13.2 Å². The Morgan fingerprint density at radius 2 is 1.58 bits per heavy atom. The van der Waals surface area contributed by atoms with Crippen LogP contribution in [-0.4, -0.2) is 30.6 Å². The number of carbonyl (C=O) groups excluding carboxylic acids is 1. The number of carbonyl (C=O) groups is 1. The smallest absolute Gasteiger partial charge is 0.243 e. The van der Waals surface area contributed by atoms with Crippen LogP contribution >= 0.6 is 11.6 Å². The Balaban J connectivity index is 2.38. The van der Waals surface area contributed by atoms with Crippen LogP contribution in [0.15, 0.2) is 29.2 Å². The summed E-state index contributed by atoms with van der Waals surface area (Å²) < 4.78 is 26.6. The minimum atomic E-state index is -3.58. The topological polar surface area (TPSA) is 54.5 Å². The van der Waals surface area contributed by atoms with Gasteiger partial charge in [0.05, 0.1) is 4.90 Å². The highest BCUT2D eigenvalue weighted by Gasteiger charge is 2.38. The van der Waals surface area contributed by atoms with Crippen LogP contribution in [0.2, 0.25) is 5.02 Å². The first-order valence-corrected chi connectivity index (χ1v) is 7.95. The molecule has 0 amide bonds. The van der Waals surface area contributed by atoms with Gasteiger partial charge in [0, 0.05) is 29.9 Å². The molecule has 0 spiro atoms. The van der Waals surface area contributed by atoms with Crippen molar-refractivity contribution in [1.29, 1.82) is 0 Å². The highest BCUT2D eigenvalue weighted by atomic mass is 35.5. The molecule has 104 valence electrons. The number of rotatable bonds is 2. The van der Waals surface area contributed by atoms with Gasteiger partial charge < -0.3 is 0 Å². The minimum absolute atomic E-state index is 0.113. The molecule has 0 aromatic heterocycles. The SMILES string of the molecule is C[C@@H]1CC(=O)C[C@@H](C)N1S(=O)(=O)c1ccc(Cl)cc1. The van der Waals surface area contributed by atoms with E-state index in [1.807, 2.05) is 0 Å². The van der Waals surface area contributed by atoms with E-state index in [4.69, 9.17) is 11.6 Å². The highest BCUT2D eigenvalue weighted by Crippen LogP contribution is 2.28. The van der Waals surface area contributed by atoms with Gasteiger partial charge in [0.1, 0.15) is 5.78 Å². The van der Waals surface area contributed by atoms with Gasteiger partial charge in [-0.2, -0.15) is 4.31 Å². The van der Waals surface area contributed by atoms with E-state index in [1.165, 1.54) is 16.4 Å². The molecular weight excluding hydrogens is 286 g/mol. The first-order chi connectivity index (χ1) is 8.82. The molecule has 0 N–H and O–H groups in total. The molecule has 1 aromatic carbocycles. The Hall–Kier alpha value is -0.910. The fourth-order valence-corrected chi connectivity index (χ4v) is 4.50. The molecule has 1 aromatic rings. The molecule has 2 rings (SSSR count). The van der Waals surface area contributed by atoms with E-state index in [2.05, 4.69) is 0 Å². The van der Waals surface area contributed by atoms with E-state index in [1.54, 1.807) is 26.0 Å². The molecule has 0 unspecified atom stereocenters. The normalized spacial score (nSPS) is 25.5. The van der Waals surface area contributed by atoms with Crippen LogP contribution < -0.4 is 0 Å². The number of sulfonamides is 1. The molecule has 0 saturated carbocycles. The molecule has 2 atom stereocenters. The first kappa shape index (κ1) is 14.5. The summed E-state index contributed by atoms with van der Waals surface area (Å²) in [7, 11) is -3.58. The number of hydrogen-bond donors (Lipinski definition) is 0. The molecule has 6 heteroatoms. The number of nitrogens with zero attached hydrogens (tertiary/aromatic N) is 1. The zero-order valence-corrected chi connectivity index (χ0v) is 12.4. The van der Waals surface area contributed by atoms with Gasteiger partial charge in [-0.05, 0) is 38.1 Å². The zero-order valence-electron chi connectivity index (χ0n) is 10.8. The van der Waals surface area contributed by atoms with E-state index in [0.717, 1.165) is 0 Å². The summed E-state index contributed by atoms with van der Waals surface area (Å²) in [4.78, 5) is 11.7. The predicted molar refractivity (Wildman–Crippen MR) is 73.6 cm³/mol. The average Bonchev–Trinajstić information content (AvgIpc) is 2.27. The Morgan fingerprint density at radius 3 is 2.05 bits per heavy atom. The van der Waals surface area contributed by atoms with Crippen LogP contribution in [0.1, 0.15) is 26.7 Å². The largest absolute Gasteiger partial charge is 0.300 e. The van der Waals surface area contributed by atoms with Crippen LogP contribution in [0.4, 0.5) is 0 Å². The summed E-state index contributed by atoms with van der Waals surface area (Å²) in [5, 5.41) is 0.494. The second kappa shape index (κ2) is 5.23. The predicted octanol–water partition coefficient (Wildman–Crippen LogP) is 2.47. The molecule has 0 bridgehead atoms. The first-order valence-electron chi connectivity index (χ1n) is 6.13. The maximum atomic E-state index is 12.6. The zero-order chi connectivity index (χ0) is 14.2. The third kappa shape index (κ3) is 2.83. The fraction of sp³-hybridized carbons (Fsp3) is 0.462. The van der Waals surface area contributed by atoms with Crippen molar-refractivity contribution in [3.63, 3.8) is 0 Å². The van der Waals surface area contributed by atoms with Crippen molar-refractivity contribution in [1.82, 2.24) is 4.31 Å². The molecule has 1 fully saturated rings. The van der Waals surface area contributed by atoms with Gasteiger partial charge in [-0.1, -0.05) is 11.6 Å². The second-order valence-corrected chi connectivity index (χ2v) is 7.21. The molecule has 1 aliphatic rings. The maximum absolute atomic E-state index is 12.6. The van der Waals surface area contributed by atoms with Gasteiger partial charge in [0.15, 0.2) is 0 Å². The molecular formula is C13H16ClNO3S. The fourth-order valence-electron chi connectivity index (χ4n) is 2.56. The Morgan fingerprint density at radius 1 is 1.11 bits per heavy atom. The summed E-state index contributed by atoms with van der Waals surface area (Å²) in [6.45, 7) is 3.53. The summed E-state index contributed by atoms with van der Waals surface area (Å²) in [6.07, 6.45) is 0.550. The number of hydrogen-bond acceptors (Lipinski definition) is 3. The summed E-state index contributed by atoms with van der Waals surface area (Å²) in [5.74, 6) is 0.113. The number of benzene rings is 1. The minimum Gasteiger partial charge on any atom is -0.300 e. The second-order valence-electron chi connectivity index (χ2n) is 4.93. The van der Waals surface area contributed by atoms with E-state index in [0.29, 0.717) is 5.02 Å². The quantitative estimate of drug-likeness (QED) is 0.843. The van der Waals surface area contributed by atoms with Gasteiger partial charge in [0.2, 0.25) is 10.0 Å². The van der Waals surface area contributed by atoms with Gasteiger partial charge in [-0.25, -0.2) is 8.42 Å². The van der Waals surface area contributed by atoms with E-state index < -0.39 is 10.0 Å². The summed E-state index contributed by atoms with van der Waals surface area (Å²) in [6, 6.07) is 5.48. The van der Waals surface area contributed by atoms with Crippen molar-refractivity contribution in [2.75, 3.05) is 0 Å². The third-order valence-corrected chi connectivity index (χ3v) is 5.70.